The molecule has 0 bridgehead atoms. The lowest BCUT2D eigenvalue weighted by atomic mass is 10.2. The topological polar surface area (TPSA) is 84.4 Å². The Balaban J connectivity index is 1.66. The second kappa shape index (κ2) is 9.75. The highest BCUT2D eigenvalue weighted by Gasteiger charge is 2.20. The minimum Gasteiger partial charge on any atom is -0.481 e. The number of methoxy groups -OCH3 is 1. The van der Waals surface area contributed by atoms with Gasteiger partial charge >= 0.3 is 0 Å². The lowest BCUT2D eigenvalue weighted by molar-refractivity contribution is -0.117. The van der Waals surface area contributed by atoms with Crippen LogP contribution in [0.1, 0.15) is 18.2 Å². The van der Waals surface area contributed by atoms with Gasteiger partial charge in [-0.15, -0.1) is 11.3 Å². The largest absolute Gasteiger partial charge is 0.481 e. The van der Waals surface area contributed by atoms with Crippen molar-refractivity contribution in [2.75, 3.05) is 12.0 Å². The van der Waals surface area contributed by atoms with Crippen LogP contribution in [-0.4, -0.2) is 28.9 Å². The van der Waals surface area contributed by atoms with Crippen molar-refractivity contribution in [3.8, 4) is 5.88 Å². The van der Waals surface area contributed by atoms with Gasteiger partial charge in [0.1, 0.15) is 5.82 Å². The number of benzene rings is 1. The molecule has 30 heavy (non-hydrogen) atoms. The van der Waals surface area contributed by atoms with Crippen LogP contribution in [0, 0.1) is 5.82 Å². The number of carbonyl (C=O) groups is 2. The van der Waals surface area contributed by atoms with Crippen molar-refractivity contribution in [3.63, 3.8) is 0 Å². The van der Waals surface area contributed by atoms with Gasteiger partial charge in [0.15, 0.2) is 5.13 Å². The van der Waals surface area contributed by atoms with E-state index in [0.29, 0.717) is 23.3 Å². The molecule has 2 heterocycles. The molecule has 154 valence electrons. The third kappa shape index (κ3) is 5.26. The summed E-state index contributed by atoms with van der Waals surface area (Å²) in [6, 6.07) is 9.49. The number of nitrogens with zero attached hydrogens (tertiary/aromatic N) is 3. The van der Waals surface area contributed by atoms with E-state index in [1.165, 1.54) is 54.6 Å². The monoisotopic (exact) mass is 426 g/mol. The van der Waals surface area contributed by atoms with Gasteiger partial charge in [0, 0.05) is 37.2 Å². The molecule has 2 amide bonds. The van der Waals surface area contributed by atoms with Crippen molar-refractivity contribution >= 4 is 40.0 Å². The van der Waals surface area contributed by atoms with Crippen LogP contribution in [0.15, 0.2) is 54.1 Å². The number of hydrogen-bond donors (Lipinski definition) is 1. The number of halogens is 1. The first-order chi connectivity index (χ1) is 14.5. The highest BCUT2D eigenvalue weighted by molar-refractivity contribution is 7.14. The van der Waals surface area contributed by atoms with Gasteiger partial charge in [0.25, 0.3) is 0 Å². The van der Waals surface area contributed by atoms with E-state index in [4.69, 9.17) is 4.74 Å². The molecule has 0 aliphatic carbocycles. The predicted octanol–water partition coefficient (Wildman–Crippen LogP) is 3.70. The van der Waals surface area contributed by atoms with Gasteiger partial charge in [-0.25, -0.2) is 14.4 Å². The maximum absolute atomic E-state index is 14.1. The van der Waals surface area contributed by atoms with Crippen molar-refractivity contribution < 1.29 is 18.7 Å². The Hall–Kier alpha value is -3.59. The predicted molar refractivity (Wildman–Crippen MR) is 113 cm³/mol. The van der Waals surface area contributed by atoms with Gasteiger partial charge in [-0.05, 0) is 29.8 Å². The molecular weight excluding hydrogens is 407 g/mol. The normalized spacial score (nSPS) is 10.8. The molecule has 1 aromatic carbocycles. The van der Waals surface area contributed by atoms with Crippen molar-refractivity contribution in [3.05, 3.63) is 71.1 Å². The number of carbonyl (C=O) groups excluding carboxylic acids is 2. The number of para-hydroxylation sites is 1. The maximum atomic E-state index is 14.1. The van der Waals surface area contributed by atoms with Gasteiger partial charge < -0.3 is 10.1 Å². The van der Waals surface area contributed by atoms with E-state index in [-0.39, 0.29) is 17.5 Å². The van der Waals surface area contributed by atoms with Gasteiger partial charge in [-0.3, -0.25) is 14.5 Å². The van der Waals surface area contributed by atoms with Gasteiger partial charge in [-0.1, -0.05) is 12.1 Å². The fourth-order valence-electron chi connectivity index (χ4n) is 2.58. The third-order valence-electron chi connectivity index (χ3n) is 3.99. The number of amides is 2. The summed E-state index contributed by atoms with van der Waals surface area (Å²) >= 11 is 1.18. The zero-order valence-corrected chi connectivity index (χ0v) is 17.1. The first kappa shape index (κ1) is 21.1. The molecule has 0 aliphatic rings. The zero-order valence-electron chi connectivity index (χ0n) is 16.3. The molecule has 2 aromatic heterocycles. The van der Waals surface area contributed by atoms with E-state index in [2.05, 4.69) is 15.3 Å². The summed E-state index contributed by atoms with van der Waals surface area (Å²) in [4.78, 5) is 33.7. The lowest BCUT2D eigenvalue weighted by Crippen LogP contribution is -2.23. The van der Waals surface area contributed by atoms with Crippen molar-refractivity contribution in [1.29, 1.82) is 0 Å². The lowest BCUT2D eigenvalue weighted by Gasteiger charge is -2.18. The van der Waals surface area contributed by atoms with Gasteiger partial charge in [0.2, 0.25) is 17.7 Å². The van der Waals surface area contributed by atoms with Crippen LogP contribution in [0.5, 0.6) is 5.88 Å². The van der Waals surface area contributed by atoms with Crippen molar-refractivity contribution in [2.45, 2.75) is 13.5 Å². The summed E-state index contributed by atoms with van der Waals surface area (Å²) in [5.74, 6) is -0.724. The second-order valence-corrected chi connectivity index (χ2v) is 6.95. The second-order valence-electron chi connectivity index (χ2n) is 6.12. The van der Waals surface area contributed by atoms with Crippen LogP contribution >= 0.6 is 11.3 Å². The number of pyridine rings is 1. The number of ether oxygens (including phenoxy) is 1. The molecule has 3 aromatic rings. The molecule has 0 saturated carbocycles. The summed E-state index contributed by atoms with van der Waals surface area (Å²) in [5.41, 5.74) is 1.46. The van der Waals surface area contributed by atoms with E-state index in [1.54, 1.807) is 35.8 Å². The van der Waals surface area contributed by atoms with E-state index in [1.807, 2.05) is 0 Å². The average molecular weight is 426 g/mol. The van der Waals surface area contributed by atoms with Crippen LogP contribution in [0.3, 0.4) is 0 Å². The average Bonchev–Trinajstić information content (AvgIpc) is 3.20. The van der Waals surface area contributed by atoms with E-state index in [9.17, 15) is 14.0 Å². The fraction of sp³-hybridized carbons (Fsp3) is 0.143. The molecule has 9 heteroatoms. The minimum absolute atomic E-state index is 0.125. The van der Waals surface area contributed by atoms with Gasteiger partial charge in [-0.2, -0.15) is 0 Å². The summed E-state index contributed by atoms with van der Waals surface area (Å²) in [6.45, 7) is 1.65. The first-order valence-corrected chi connectivity index (χ1v) is 9.81. The van der Waals surface area contributed by atoms with Crippen LogP contribution in [0.2, 0.25) is 0 Å². The van der Waals surface area contributed by atoms with Crippen LogP contribution in [-0.2, 0) is 16.1 Å². The fourth-order valence-corrected chi connectivity index (χ4v) is 3.42. The molecule has 1 N–H and O–H groups in total. The van der Waals surface area contributed by atoms with Crippen LogP contribution in [0.25, 0.3) is 6.08 Å². The molecule has 7 nitrogen and oxygen atoms in total. The minimum atomic E-state index is -0.521. The summed E-state index contributed by atoms with van der Waals surface area (Å²) in [6.07, 6.45) is 4.48. The number of rotatable bonds is 7. The SMILES string of the molecule is COc1cc(CNC(=O)/C=C/c2csc(N(C(C)=O)c3ccccc3F)n2)ccn1. The Morgan fingerprint density at radius 3 is 2.83 bits per heavy atom. The standard InChI is InChI=1S/C21H19FN4O3S/c1-14(27)26(18-6-4-3-5-17(18)22)21-25-16(13-30-21)7-8-19(28)24-12-15-9-10-23-20(11-15)29-2/h3-11,13H,12H2,1-2H3,(H,24,28)/b8-7+. The molecule has 0 spiro atoms. The number of aromatic nitrogens is 2. The van der Waals surface area contributed by atoms with Gasteiger partial charge in [0.05, 0.1) is 18.5 Å². The first-order valence-electron chi connectivity index (χ1n) is 8.93. The van der Waals surface area contributed by atoms with E-state index in [0.717, 1.165) is 5.56 Å². The van der Waals surface area contributed by atoms with Crippen LogP contribution in [0.4, 0.5) is 15.2 Å². The quantitative estimate of drug-likeness (QED) is 0.583. The Bertz CT molecular complexity index is 1080. The number of thiazole rings is 1. The van der Waals surface area contributed by atoms with E-state index < -0.39 is 5.82 Å². The number of hydrogen-bond acceptors (Lipinski definition) is 6. The molecule has 0 fully saturated rings. The summed E-state index contributed by atoms with van der Waals surface area (Å²) < 4.78 is 19.2. The molecule has 0 unspecified atom stereocenters. The molecule has 0 radical (unpaired) electrons. The Morgan fingerprint density at radius 2 is 2.10 bits per heavy atom. The van der Waals surface area contributed by atoms with Crippen molar-refractivity contribution in [2.24, 2.45) is 0 Å². The molecule has 0 saturated heterocycles. The summed E-state index contributed by atoms with van der Waals surface area (Å²) in [5, 5.41) is 4.75. The third-order valence-corrected chi connectivity index (χ3v) is 4.83. The van der Waals surface area contributed by atoms with Crippen molar-refractivity contribution in [1.82, 2.24) is 15.3 Å². The molecule has 3 rings (SSSR count). The molecule has 0 atom stereocenters. The molecule has 0 aliphatic heterocycles. The number of anilines is 2. The Labute approximate surface area is 176 Å². The van der Waals surface area contributed by atoms with Crippen LogP contribution < -0.4 is 15.0 Å². The highest BCUT2D eigenvalue weighted by atomic mass is 32.1. The zero-order chi connectivity index (χ0) is 21.5. The molecular formula is C21H19FN4O3S. The number of nitrogens with one attached hydrogen (secondary N) is 1. The smallest absolute Gasteiger partial charge is 0.244 e. The Morgan fingerprint density at radius 1 is 1.30 bits per heavy atom. The van der Waals surface area contributed by atoms with E-state index >= 15 is 0 Å². The maximum Gasteiger partial charge on any atom is 0.244 e. The highest BCUT2D eigenvalue weighted by Crippen LogP contribution is 2.30. The summed E-state index contributed by atoms with van der Waals surface area (Å²) in [7, 11) is 1.52. The Kier molecular flexibility index (Phi) is 6.87.